The maximum Gasteiger partial charge on any atom is 0.317 e. The van der Waals surface area contributed by atoms with Crippen LogP contribution in [0.3, 0.4) is 0 Å². The van der Waals surface area contributed by atoms with Crippen molar-refractivity contribution in [3.05, 3.63) is 0 Å². The summed E-state index contributed by atoms with van der Waals surface area (Å²) < 4.78 is 0. The minimum absolute atomic E-state index is 0.157. The third-order valence-corrected chi connectivity index (χ3v) is 3.84. The van der Waals surface area contributed by atoms with Gasteiger partial charge < -0.3 is 20.6 Å². The van der Waals surface area contributed by atoms with Crippen molar-refractivity contribution in [1.82, 2.24) is 15.5 Å². The fourth-order valence-electron chi connectivity index (χ4n) is 2.30. The lowest BCUT2D eigenvalue weighted by Crippen LogP contribution is -2.53. The first-order valence-electron chi connectivity index (χ1n) is 6.98. The number of carbonyl (C=O) groups excluding carboxylic acids is 1. The molecule has 1 aliphatic heterocycles. The number of urea groups is 1. The second-order valence-corrected chi connectivity index (χ2v) is 5.13. The number of carbonyl (C=O) groups is 2. The number of carboxylic acids is 1. The van der Waals surface area contributed by atoms with E-state index < -0.39 is 11.9 Å². The van der Waals surface area contributed by atoms with Gasteiger partial charge in [-0.2, -0.15) is 0 Å². The molecule has 1 heterocycles. The molecule has 0 spiro atoms. The SMILES string of the molecule is CCN(C(=O)NC(C)C(C)C(=O)O)C1CCNCC1. The van der Waals surface area contributed by atoms with Gasteiger partial charge in [0.1, 0.15) is 0 Å². The molecule has 2 atom stereocenters. The van der Waals surface area contributed by atoms with Crippen molar-refractivity contribution >= 4 is 12.0 Å². The summed E-state index contributed by atoms with van der Waals surface area (Å²) in [6, 6.07) is -0.283. The van der Waals surface area contributed by atoms with E-state index in [1.807, 2.05) is 11.8 Å². The molecule has 6 heteroatoms. The number of amides is 2. The standard InChI is InChI=1S/C13H25N3O3/c1-4-16(11-5-7-14-8-6-11)13(19)15-10(3)9(2)12(17)18/h9-11,14H,4-8H2,1-3H3,(H,15,19)(H,17,18). The Morgan fingerprint density at radius 1 is 1.37 bits per heavy atom. The molecule has 0 aromatic heterocycles. The van der Waals surface area contributed by atoms with Crippen LogP contribution in [0.25, 0.3) is 0 Å². The minimum Gasteiger partial charge on any atom is -0.481 e. The molecule has 3 N–H and O–H groups in total. The second kappa shape index (κ2) is 7.33. The fraction of sp³-hybridized carbons (Fsp3) is 0.846. The van der Waals surface area contributed by atoms with Crippen molar-refractivity contribution in [3.63, 3.8) is 0 Å². The molecule has 0 aromatic rings. The Morgan fingerprint density at radius 2 is 1.95 bits per heavy atom. The molecule has 1 saturated heterocycles. The Hall–Kier alpha value is -1.30. The number of nitrogens with zero attached hydrogens (tertiary/aromatic N) is 1. The predicted molar refractivity (Wildman–Crippen MR) is 73.1 cm³/mol. The van der Waals surface area contributed by atoms with Gasteiger partial charge in [0.05, 0.1) is 5.92 Å². The average Bonchev–Trinajstić information content (AvgIpc) is 2.39. The Morgan fingerprint density at radius 3 is 2.42 bits per heavy atom. The van der Waals surface area contributed by atoms with Gasteiger partial charge in [0.15, 0.2) is 0 Å². The van der Waals surface area contributed by atoms with Crippen LogP contribution < -0.4 is 10.6 Å². The zero-order valence-corrected chi connectivity index (χ0v) is 12.0. The molecule has 2 unspecified atom stereocenters. The van der Waals surface area contributed by atoms with Crippen molar-refractivity contribution in [3.8, 4) is 0 Å². The molecule has 110 valence electrons. The Labute approximate surface area is 114 Å². The zero-order chi connectivity index (χ0) is 14.4. The maximum absolute atomic E-state index is 12.2. The Kier molecular flexibility index (Phi) is 6.08. The van der Waals surface area contributed by atoms with Crippen LogP contribution in [-0.2, 0) is 4.79 Å². The van der Waals surface area contributed by atoms with Crippen molar-refractivity contribution in [2.75, 3.05) is 19.6 Å². The van der Waals surface area contributed by atoms with E-state index in [0.717, 1.165) is 25.9 Å². The van der Waals surface area contributed by atoms with Crippen LogP contribution in [0.2, 0.25) is 0 Å². The van der Waals surface area contributed by atoms with Crippen molar-refractivity contribution in [2.24, 2.45) is 5.92 Å². The smallest absolute Gasteiger partial charge is 0.317 e. The van der Waals surface area contributed by atoms with Gasteiger partial charge in [-0.25, -0.2) is 4.79 Å². The van der Waals surface area contributed by atoms with E-state index in [1.165, 1.54) is 0 Å². The van der Waals surface area contributed by atoms with Crippen molar-refractivity contribution in [1.29, 1.82) is 0 Å². The van der Waals surface area contributed by atoms with E-state index >= 15 is 0 Å². The summed E-state index contributed by atoms with van der Waals surface area (Å²) in [4.78, 5) is 24.9. The normalized spacial score (nSPS) is 19.5. The molecule has 0 aromatic carbocycles. The number of rotatable bonds is 5. The monoisotopic (exact) mass is 271 g/mol. The molecular formula is C13H25N3O3. The van der Waals surface area contributed by atoms with Gasteiger partial charge in [0, 0.05) is 18.6 Å². The highest BCUT2D eigenvalue weighted by Crippen LogP contribution is 2.12. The summed E-state index contributed by atoms with van der Waals surface area (Å²) in [5.41, 5.74) is 0. The van der Waals surface area contributed by atoms with Gasteiger partial charge >= 0.3 is 12.0 Å². The summed E-state index contributed by atoms with van der Waals surface area (Å²) in [7, 11) is 0. The third kappa shape index (κ3) is 4.38. The van der Waals surface area contributed by atoms with Gasteiger partial charge in [0.2, 0.25) is 0 Å². The molecule has 1 aliphatic rings. The highest BCUT2D eigenvalue weighted by atomic mass is 16.4. The molecule has 0 bridgehead atoms. The number of hydrogen-bond donors (Lipinski definition) is 3. The van der Waals surface area contributed by atoms with E-state index in [0.29, 0.717) is 6.54 Å². The Balaban J connectivity index is 2.55. The van der Waals surface area contributed by atoms with Crippen LogP contribution in [0.1, 0.15) is 33.6 Å². The largest absolute Gasteiger partial charge is 0.481 e. The molecule has 1 rings (SSSR count). The number of carboxylic acid groups (broad SMARTS) is 1. The molecule has 0 aliphatic carbocycles. The molecule has 0 radical (unpaired) electrons. The number of piperidine rings is 1. The lowest BCUT2D eigenvalue weighted by atomic mass is 10.0. The fourth-order valence-corrected chi connectivity index (χ4v) is 2.30. The molecule has 6 nitrogen and oxygen atoms in total. The first-order valence-corrected chi connectivity index (χ1v) is 6.98. The molecule has 1 fully saturated rings. The second-order valence-electron chi connectivity index (χ2n) is 5.13. The van der Waals surface area contributed by atoms with E-state index in [1.54, 1.807) is 13.8 Å². The Bertz CT molecular complexity index is 316. The predicted octanol–water partition coefficient (Wildman–Crippen LogP) is 0.879. The quantitative estimate of drug-likeness (QED) is 0.693. The summed E-state index contributed by atoms with van der Waals surface area (Å²) >= 11 is 0. The van der Waals surface area contributed by atoms with E-state index in [4.69, 9.17) is 5.11 Å². The van der Waals surface area contributed by atoms with Crippen LogP contribution in [0.15, 0.2) is 0 Å². The van der Waals surface area contributed by atoms with Crippen molar-refractivity contribution in [2.45, 2.75) is 45.7 Å². The first-order chi connectivity index (χ1) is 8.97. The highest BCUT2D eigenvalue weighted by molar-refractivity contribution is 5.76. The van der Waals surface area contributed by atoms with Crippen LogP contribution in [0, 0.1) is 5.92 Å². The number of aliphatic carboxylic acids is 1. The lowest BCUT2D eigenvalue weighted by molar-refractivity contribution is -0.141. The van der Waals surface area contributed by atoms with Crippen LogP contribution in [0.4, 0.5) is 4.79 Å². The number of hydrogen-bond acceptors (Lipinski definition) is 3. The van der Waals surface area contributed by atoms with E-state index in [-0.39, 0.29) is 18.1 Å². The van der Waals surface area contributed by atoms with Crippen LogP contribution in [-0.4, -0.2) is 53.7 Å². The van der Waals surface area contributed by atoms with Gasteiger partial charge in [-0.3, -0.25) is 4.79 Å². The summed E-state index contributed by atoms with van der Waals surface area (Å²) in [6.45, 7) is 7.78. The minimum atomic E-state index is -0.891. The lowest BCUT2D eigenvalue weighted by Gasteiger charge is -2.35. The average molecular weight is 271 g/mol. The third-order valence-electron chi connectivity index (χ3n) is 3.84. The molecule has 0 saturated carbocycles. The van der Waals surface area contributed by atoms with E-state index in [2.05, 4.69) is 10.6 Å². The highest BCUT2D eigenvalue weighted by Gasteiger charge is 2.27. The van der Waals surface area contributed by atoms with Gasteiger partial charge in [-0.15, -0.1) is 0 Å². The van der Waals surface area contributed by atoms with Crippen LogP contribution >= 0.6 is 0 Å². The van der Waals surface area contributed by atoms with E-state index in [9.17, 15) is 9.59 Å². The van der Waals surface area contributed by atoms with Gasteiger partial charge in [-0.1, -0.05) is 0 Å². The van der Waals surface area contributed by atoms with Gasteiger partial charge in [0.25, 0.3) is 0 Å². The first kappa shape index (κ1) is 15.8. The van der Waals surface area contributed by atoms with Crippen LogP contribution in [0.5, 0.6) is 0 Å². The zero-order valence-electron chi connectivity index (χ0n) is 12.0. The summed E-state index contributed by atoms with van der Waals surface area (Å²) in [5.74, 6) is -1.48. The van der Waals surface area contributed by atoms with Gasteiger partial charge in [-0.05, 0) is 46.7 Å². The molecular weight excluding hydrogens is 246 g/mol. The number of nitrogens with one attached hydrogen (secondary N) is 2. The molecule has 19 heavy (non-hydrogen) atoms. The summed E-state index contributed by atoms with van der Waals surface area (Å²) in [5, 5.41) is 15.0. The topological polar surface area (TPSA) is 81.7 Å². The maximum atomic E-state index is 12.2. The molecule has 2 amide bonds. The summed E-state index contributed by atoms with van der Waals surface area (Å²) in [6.07, 6.45) is 1.90. The van der Waals surface area contributed by atoms with Crippen molar-refractivity contribution < 1.29 is 14.7 Å².